The Morgan fingerprint density at radius 1 is 1.33 bits per heavy atom. The molecule has 0 rings (SSSR count). The van der Waals surface area contributed by atoms with Crippen LogP contribution in [0.25, 0.3) is 0 Å². The van der Waals surface area contributed by atoms with E-state index in [1.165, 1.54) is 18.4 Å². The minimum Gasteiger partial charge on any atom is -0.100 e. The molecule has 0 fully saturated rings. The Labute approximate surface area is 77.4 Å². The second kappa shape index (κ2) is 5.18. The summed E-state index contributed by atoms with van der Waals surface area (Å²) in [4.78, 5) is 0. The number of hydrogen-bond donors (Lipinski definition) is 0. The van der Waals surface area contributed by atoms with E-state index in [0.717, 1.165) is 6.42 Å². The topological polar surface area (TPSA) is 0 Å². The first-order chi connectivity index (χ1) is 5.42. The number of hydrogen-bond acceptors (Lipinski definition) is 0. The Kier molecular flexibility index (Phi) is 4.96. The van der Waals surface area contributed by atoms with Gasteiger partial charge in [0.25, 0.3) is 0 Å². The van der Waals surface area contributed by atoms with Crippen LogP contribution in [-0.2, 0) is 0 Å². The van der Waals surface area contributed by atoms with Crippen LogP contribution in [0.1, 0.15) is 47.0 Å². The fourth-order valence-corrected chi connectivity index (χ4v) is 0.959. The maximum Gasteiger partial charge on any atom is -0.0203 e. The van der Waals surface area contributed by atoms with E-state index in [2.05, 4.69) is 46.4 Å². The van der Waals surface area contributed by atoms with E-state index < -0.39 is 0 Å². The van der Waals surface area contributed by atoms with Crippen LogP contribution in [0.2, 0.25) is 0 Å². The van der Waals surface area contributed by atoms with Gasteiger partial charge < -0.3 is 0 Å². The van der Waals surface area contributed by atoms with E-state index in [4.69, 9.17) is 0 Å². The van der Waals surface area contributed by atoms with Gasteiger partial charge in [0.2, 0.25) is 0 Å². The standard InChI is InChI=1S/C12H22/c1-11(2)9-7-6-8-10-12(3,4)5/h8,10H,1,6-7,9H2,2-5H3/b10-8+. The van der Waals surface area contributed by atoms with Crippen molar-refractivity contribution >= 4 is 0 Å². The molecule has 0 heterocycles. The first-order valence-corrected chi connectivity index (χ1v) is 4.74. The van der Waals surface area contributed by atoms with Crippen LogP contribution < -0.4 is 0 Å². The van der Waals surface area contributed by atoms with Crippen LogP contribution in [-0.4, -0.2) is 0 Å². The zero-order chi connectivity index (χ0) is 9.61. The van der Waals surface area contributed by atoms with Gasteiger partial charge in [-0.3, -0.25) is 0 Å². The third kappa shape index (κ3) is 9.48. The average Bonchev–Trinajstić information content (AvgIpc) is 1.83. The lowest BCUT2D eigenvalue weighted by Gasteiger charge is -2.10. The molecule has 0 atom stereocenters. The number of unbranched alkanes of at least 4 members (excludes halogenated alkanes) is 1. The lowest BCUT2D eigenvalue weighted by atomic mass is 9.95. The molecule has 0 aliphatic carbocycles. The van der Waals surface area contributed by atoms with E-state index in [9.17, 15) is 0 Å². The summed E-state index contributed by atoms with van der Waals surface area (Å²) in [6.07, 6.45) is 8.15. The molecule has 12 heavy (non-hydrogen) atoms. The predicted molar refractivity (Wildman–Crippen MR) is 57.3 cm³/mol. The van der Waals surface area contributed by atoms with Gasteiger partial charge in [0, 0.05) is 0 Å². The van der Waals surface area contributed by atoms with Crippen LogP contribution in [0.15, 0.2) is 24.3 Å². The van der Waals surface area contributed by atoms with Crippen molar-refractivity contribution in [2.75, 3.05) is 0 Å². The van der Waals surface area contributed by atoms with Gasteiger partial charge >= 0.3 is 0 Å². The van der Waals surface area contributed by atoms with Gasteiger partial charge in [-0.15, -0.1) is 6.58 Å². The van der Waals surface area contributed by atoms with Gasteiger partial charge in [-0.05, 0) is 31.6 Å². The maximum absolute atomic E-state index is 3.88. The minimum atomic E-state index is 0.337. The molecule has 0 radical (unpaired) electrons. The van der Waals surface area contributed by atoms with Gasteiger partial charge in [0.15, 0.2) is 0 Å². The lowest BCUT2D eigenvalue weighted by molar-refractivity contribution is 0.541. The first kappa shape index (κ1) is 11.5. The molecule has 0 amide bonds. The van der Waals surface area contributed by atoms with Crippen molar-refractivity contribution in [2.24, 2.45) is 5.41 Å². The molecule has 0 nitrogen and oxygen atoms in total. The quantitative estimate of drug-likeness (QED) is 0.430. The highest BCUT2D eigenvalue weighted by Crippen LogP contribution is 2.15. The minimum absolute atomic E-state index is 0.337. The van der Waals surface area contributed by atoms with E-state index in [1.807, 2.05) is 0 Å². The Balaban J connectivity index is 3.43. The van der Waals surface area contributed by atoms with Crippen LogP contribution in [0.4, 0.5) is 0 Å². The Bertz CT molecular complexity index is 155. The molecule has 0 aromatic carbocycles. The lowest BCUT2D eigenvalue weighted by Crippen LogP contribution is -1.97. The van der Waals surface area contributed by atoms with Gasteiger partial charge in [0.05, 0.1) is 0 Å². The van der Waals surface area contributed by atoms with E-state index in [0.29, 0.717) is 5.41 Å². The summed E-state index contributed by atoms with van der Waals surface area (Å²) in [5.74, 6) is 0. The van der Waals surface area contributed by atoms with Crippen LogP contribution in [0.3, 0.4) is 0 Å². The molecular formula is C12H22. The Hall–Kier alpha value is -0.520. The average molecular weight is 166 g/mol. The van der Waals surface area contributed by atoms with Crippen molar-refractivity contribution in [3.05, 3.63) is 24.3 Å². The maximum atomic E-state index is 3.88. The molecule has 0 aromatic heterocycles. The van der Waals surface area contributed by atoms with Gasteiger partial charge in [-0.1, -0.05) is 38.5 Å². The van der Waals surface area contributed by atoms with E-state index in [1.54, 1.807) is 0 Å². The molecule has 0 aliphatic rings. The summed E-state index contributed by atoms with van der Waals surface area (Å²) < 4.78 is 0. The molecule has 0 spiro atoms. The summed E-state index contributed by atoms with van der Waals surface area (Å²) in [6.45, 7) is 12.6. The normalized spacial score (nSPS) is 12.3. The SMILES string of the molecule is C=C(C)CCC/C=C/C(C)(C)C. The highest BCUT2D eigenvalue weighted by Gasteiger charge is 2.02. The summed E-state index contributed by atoms with van der Waals surface area (Å²) in [5.41, 5.74) is 1.63. The summed E-state index contributed by atoms with van der Waals surface area (Å²) in [5, 5.41) is 0. The zero-order valence-electron chi connectivity index (χ0n) is 8.98. The summed E-state index contributed by atoms with van der Waals surface area (Å²) in [7, 11) is 0. The van der Waals surface area contributed by atoms with Crippen LogP contribution >= 0.6 is 0 Å². The fraction of sp³-hybridized carbons (Fsp3) is 0.667. The molecule has 0 N–H and O–H groups in total. The van der Waals surface area contributed by atoms with Crippen LogP contribution in [0, 0.1) is 5.41 Å². The number of rotatable bonds is 4. The second-order valence-corrected chi connectivity index (χ2v) is 4.62. The molecule has 0 saturated heterocycles. The summed E-state index contributed by atoms with van der Waals surface area (Å²) >= 11 is 0. The monoisotopic (exact) mass is 166 g/mol. The van der Waals surface area contributed by atoms with Gasteiger partial charge in [-0.25, -0.2) is 0 Å². The predicted octanol–water partition coefficient (Wildman–Crippen LogP) is 4.34. The molecule has 0 aromatic rings. The van der Waals surface area contributed by atoms with Crippen molar-refractivity contribution in [1.29, 1.82) is 0 Å². The van der Waals surface area contributed by atoms with Crippen molar-refractivity contribution < 1.29 is 0 Å². The summed E-state index contributed by atoms with van der Waals surface area (Å²) in [6, 6.07) is 0. The highest BCUT2D eigenvalue weighted by atomic mass is 14.1. The van der Waals surface area contributed by atoms with Crippen LogP contribution in [0.5, 0.6) is 0 Å². The molecule has 0 unspecified atom stereocenters. The fourth-order valence-electron chi connectivity index (χ4n) is 0.959. The Morgan fingerprint density at radius 3 is 2.33 bits per heavy atom. The van der Waals surface area contributed by atoms with Gasteiger partial charge in [0.1, 0.15) is 0 Å². The van der Waals surface area contributed by atoms with E-state index >= 15 is 0 Å². The smallest absolute Gasteiger partial charge is 0.0203 e. The largest absolute Gasteiger partial charge is 0.100 e. The second-order valence-electron chi connectivity index (χ2n) is 4.62. The first-order valence-electron chi connectivity index (χ1n) is 4.74. The number of allylic oxidation sites excluding steroid dienone is 3. The molecule has 70 valence electrons. The van der Waals surface area contributed by atoms with E-state index in [-0.39, 0.29) is 0 Å². The molecule has 0 heteroatoms. The van der Waals surface area contributed by atoms with Crippen molar-refractivity contribution in [2.45, 2.75) is 47.0 Å². The zero-order valence-corrected chi connectivity index (χ0v) is 8.98. The Morgan fingerprint density at radius 2 is 1.92 bits per heavy atom. The highest BCUT2D eigenvalue weighted by molar-refractivity contribution is 4.93. The molecule has 0 bridgehead atoms. The molecule has 0 saturated carbocycles. The van der Waals surface area contributed by atoms with Crippen molar-refractivity contribution in [3.63, 3.8) is 0 Å². The third-order valence-electron chi connectivity index (χ3n) is 1.59. The van der Waals surface area contributed by atoms with Crippen molar-refractivity contribution in [3.8, 4) is 0 Å². The van der Waals surface area contributed by atoms with Gasteiger partial charge in [-0.2, -0.15) is 0 Å². The van der Waals surface area contributed by atoms with Crippen molar-refractivity contribution in [1.82, 2.24) is 0 Å². The third-order valence-corrected chi connectivity index (χ3v) is 1.59. The molecule has 0 aliphatic heterocycles. The molecular weight excluding hydrogens is 144 g/mol.